The van der Waals surface area contributed by atoms with Crippen molar-refractivity contribution in [2.24, 2.45) is 4.99 Å². The molecule has 8 heteroatoms. The van der Waals surface area contributed by atoms with Gasteiger partial charge in [0.15, 0.2) is 11.1 Å². The molecule has 0 unspecified atom stereocenters. The molecule has 2 aromatic heterocycles. The minimum absolute atomic E-state index is 0.561. The molecule has 2 N–H and O–H groups in total. The van der Waals surface area contributed by atoms with Crippen LogP contribution in [-0.2, 0) is 13.0 Å². The van der Waals surface area contributed by atoms with Gasteiger partial charge >= 0.3 is 0 Å². The number of hydrogen-bond acceptors (Lipinski definition) is 6. The fourth-order valence-corrected chi connectivity index (χ4v) is 2.99. The van der Waals surface area contributed by atoms with Crippen molar-refractivity contribution >= 4 is 22.4 Å². The summed E-state index contributed by atoms with van der Waals surface area (Å²) in [7, 11) is 3.98. The van der Waals surface area contributed by atoms with E-state index in [1.54, 1.807) is 11.3 Å². The molecule has 0 bridgehead atoms. The summed E-state index contributed by atoms with van der Waals surface area (Å²) in [5.41, 5.74) is 3.09. The molecule has 132 valence electrons. The number of nitrogens with zero attached hydrogens (tertiary/aromatic N) is 4. The third kappa shape index (κ3) is 4.95. The van der Waals surface area contributed by atoms with Gasteiger partial charge in [-0.15, -0.1) is 11.3 Å². The van der Waals surface area contributed by atoms with Gasteiger partial charge < -0.3 is 20.1 Å². The number of thiazole rings is 1. The molecule has 24 heavy (non-hydrogen) atoms. The first-order valence-corrected chi connectivity index (χ1v) is 8.94. The van der Waals surface area contributed by atoms with E-state index in [1.165, 1.54) is 0 Å². The quantitative estimate of drug-likeness (QED) is 0.588. The van der Waals surface area contributed by atoms with Crippen molar-refractivity contribution in [1.82, 2.24) is 20.8 Å². The van der Waals surface area contributed by atoms with Gasteiger partial charge in [0.1, 0.15) is 5.76 Å². The molecule has 0 atom stereocenters. The highest BCUT2D eigenvalue weighted by atomic mass is 32.1. The van der Waals surface area contributed by atoms with Crippen LogP contribution < -0.4 is 15.5 Å². The Kier molecular flexibility index (Phi) is 6.60. The molecule has 0 aliphatic rings. The first kappa shape index (κ1) is 18.3. The van der Waals surface area contributed by atoms with Gasteiger partial charge in [0.25, 0.3) is 0 Å². The van der Waals surface area contributed by atoms with E-state index in [0.29, 0.717) is 6.54 Å². The minimum Gasteiger partial charge on any atom is -0.361 e. The third-order valence-corrected chi connectivity index (χ3v) is 4.57. The van der Waals surface area contributed by atoms with Gasteiger partial charge in [0, 0.05) is 38.1 Å². The van der Waals surface area contributed by atoms with Gasteiger partial charge in [-0.05, 0) is 27.2 Å². The minimum atomic E-state index is 0.561. The van der Waals surface area contributed by atoms with Crippen LogP contribution in [0, 0.1) is 13.8 Å². The summed E-state index contributed by atoms with van der Waals surface area (Å²) in [4.78, 5) is 11.2. The van der Waals surface area contributed by atoms with Crippen molar-refractivity contribution in [3.8, 4) is 0 Å². The highest BCUT2D eigenvalue weighted by molar-refractivity contribution is 7.13. The monoisotopic (exact) mass is 350 g/mol. The highest BCUT2D eigenvalue weighted by Crippen LogP contribution is 2.18. The third-order valence-electron chi connectivity index (χ3n) is 3.51. The summed E-state index contributed by atoms with van der Waals surface area (Å²) in [5, 5.41) is 13.6. The van der Waals surface area contributed by atoms with E-state index in [0.717, 1.165) is 53.3 Å². The van der Waals surface area contributed by atoms with E-state index in [1.807, 2.05) is 38.2 Å². The van der Waals surface area contributed by atoms with Crippen molar-refractivity contribution in [1.29, 1.82) is 0 Å². The first-order valence-electron chi connectivity index (χ1n) is 8.07. The molecule has 2 heterocycles. The Balaban J connectivity index is 1.90. The molecule has 0 amide bonds. The average Bonchev–Trinajstić information content (AvgIpc) is 3.14. The molecule has 0 radical (unpaired) electrons. The molecule has 0 saturated heterocycles. The molecular formula is C16H26N6OS. The van der Waals surface area contributed by atoms with E-state index in [4.69, 9.17) is 4.52 Å². The standard InChI is InChI=1S/C16H26N6OS/c1-6-17-15(18-8-7-14-11(2)21-23-12(14)3)19-9-13-10-24-16(20-13)22(4)5/h10H,6-9H2,1-5H3,(H2,17,18,19). The number of rotatable bonds is 7. The zero-order chi connectivity index (χ0) is 17.5. The molecule has 0 aliphatic heterocycles. The summed E-state index contributed by atoms with van der Waals surface area (Å²) in [6.07, 6.45) is 0.854. The summed E-state index contributed by atoms with van der Waals surface area (Å²) in [6, 6.07) is 0. The van der Waals surface area contributed by atoms with E-state index in [9.17, 15) is 0 Å². The van der Waals surface area contributed by atoms with Crippen molar-refractivity contribution in [3.05, 3.63) is 28.1 Å². The maximum absolute atomic E-state index is 5.19. The highest BCUT2D eigenvalue weighted by Gasteiger charge is 2.09. The molecule has 0 aromatic carbocycles. The number of hydrogen-bond donors (Lipinski definition) is 2. The van der Waals surface area contributed by atoms with E-state index in [2.05, 4.69) is 32.7 Å². The zero-order valence-corrected chi connectivity index (χ0v) is 15.8. The van der Waals surface area contributed by atoms with Crippen LogP contribution in [0.3, 0.4) is 0 Å². The SMILES string of the molecule is CCNC(=NCc1csc(N(C)C)n1)NCCc1c(C)noc1C. The molecular weight excluding hydrogens is 324 g/mol. The average molecular weight is 350 g/mol. The smallest absolute Gasteiger partial charge is 0.191 e. The van der Waals surface area contributed by atoms with Gasteiger partial charge in [-0.1, -0.05) is 5.16 Å². The van der Waals surface area contributed by atoms with Crippen molar-refractivity contribution in [2.75, 3.05) is 32.1 Å². The molecule has 0 aliphatic carbocycles. The number of anilines is 1. The lowest BCUT2D eigenvalue weighted by Crippen LogP contribution is -2.38. The number of aromatic nitrogens is 2. The van der Waals surface area contributed by atoms with Crippen molar-refractivity contribution < 1.29 is 4.52 Å². The lowest BCUT2D eigenvalue weighted by molar-refractivity contribution is 0.392. The second kappa shape index (κ2) is 8.68. The predicted molar refractivity (Wildman–Crippen MR) is 98.9 cm³/mol. The Morgan fingerprint density at radius 1 is 1.33 bits per heavy atom. The number of aliphatic imine (C=N–C) groups is 1. The lowest BCUT2D eigenvalue weighted by atomic mass is 10.1. The maximum Gasteiger partial charge on any atom is 0.191 e. The van der Waals surface area contributed by atoms with Crippen LogP contribution in [0.4, 0.5) is 5.13 Å². The van der Waals surface area contributed by atoms with Gasteiger partial charge in [0.05, 0.1) is 17.9 Å². The fraction of sp³-hybridized carbons (Fsp3) is 0.562. The zero-order valence-electron chi connectivity index (χ0n) is 15.0. The fourth-order valence-electron chi connectivity index (χ4n) is 2.24. The summed E-state index contributed by atoms with van der Waals surface area (Å²) < 4.78 is 5.19. The van der Waals surface area contributed by atoms with Crippen LogP contribution in [0.2, 0.25) is 0 Å². The topological polar surface area (TPSA) is 78.6 Å². The summed E-state index contributed by atoms with van der Waals surface area (Å²) in [5.74, 6) is 1.68. The predicted octanol–water partition coefficient (Wildman–Crippen LogP) is 2.11. The van der Waals surface area contributed by atoms with Gasteiger partial charge in [-0.25, -0.2) is 9.98 Å². The normalized spacial score (nSPS) is 11.6. The van der Waals surface area contributed by atoms with Crippen molar-refractivity contribution in [2.45, 2.75) is 33.7 Å². The number of aryl methyl sites for hydroxylation is 2. The second-order valence-electron chi connectivity index (χ2n) is 5.69. The lowest BCUT2D eigenvalue weighted by Gasteiger charge is -2.11. The maximum atomic E-state index is 5.19. The Bertz CT molecular complexity index is 656. The Morgan fingerprint density at radius 3 is 2.71 bits per heavy atom. The second-order valence-corrected chi connectivity index (χ2v) is 6.53. The van der Waals surface area contributed by atoms with Gasteiger partial charge in [0.2, 0.25) is 0 Å². The first-order chi connectivity index (χ1) is 11.5. The molecule has 0 saturated carbocycles. The van der Waals surface area contributed by atoms with Crippen LogP contribution in [0.1, 0.15) is 29.6 Å². The molecule has 0 fully saturated rings. The molecule has 2 aromatic rings. The summed E-state index contributed by atoms with van der Waals surface area (Å²) >= 11 is 1.63. The van der Waals surface area contributed by atoms with Crippen LogP contribution in [0.5, 0.6) is 0 Å². The number of nitrogens with one attached hydrogen (secondary N) is 2. The number of guanidine groups is 1. The van der Waals surface area contributed by atoms with E-state index < -0.39 is 0 Å². The van der Waals surface area contributed by atoms with Crippen LogP contribution in [0.25, 0.3) is 0 Å². The van der Waals surface area contributed by atoms with Crippen LogP contribution in [-0.4, -0.2) is 43.3 Å². The Hall–Kier alpha value is -2.09. The largest absolute Gasteiger partial charge is 0.361 e. The summed E-state index contributed by atoms with van der Waals surface area (Å²) in [6.45, 7) is 8.12. The Morgan fingerprint density at radius 2 is 2.12 bits per heavy atom. The molecule has 7 nitrogen and oxygen atoms in total. The van der Waals surface area contributed by atoms with Crippen LogP contribution >= 0.6 is 11.3 Å². The molecule has 0 spiro atoms. The van der Waals surface area contributed by atoms with Gasteiger partial charge in [-0.2, -0.15) is 0 Å². The Labute approximate surface area is 147 Å². The molecule has 2 rings (SSSR count). The van der Waals surface area contributed by atoms with Gasteiger partial charge in [-0.3, -0.25) is 0 Å². The van der Waals surface area contributed by atoms with E-state index >= 15 is 0 Å². The van der Waals surface area contributed by atoms with E-state index in [-0.39, 0.29) is 0 Å². The van der Waals surface area contributed by atoms with Crippen molar-refractivity contribution in [3.63, 3.8) is 0 Å². The van der Waals surface area contributed by atoms with Crippen LogP contribution in [0.15, 0.2) is 14.9 Å².